The van der Waals surface area contributed by atoms with E-state index in [0.717, 1.165) is 23.1 Å². The highest BCUT2D eigenvalue weighted by Crippen LogP contribution is 2.60. The van der Waals surface area contributed by atoms with Gasteiger partial charge in [-0.25, -0.2) is 21.9 Å². The maximum Gasteiger partial charge on any atom is 0.250 e. The van der Waals surface area contributed by atoms with Crippen molar-refractivity contribution in [1.29, 1.82) is 0 Å². The maximum absolute atomic E-state index is 14.2. The summed E-state index contributed by atoms with van der Waals surface area (Å²) in [4.78, 5) is 0. The maximum atomic E-state index is 14.2. The van der Waals surface area contributed by atoms with Crippen LogP contribution in [0.25, 0.3) is 0 Å². The number of hydrogen-bond acceptors (Lipinski definition) is 4. The lowest BCUT2D eigenvalue weighted by molar-refractivity contribution is -0.138. The molecule has 2 aromatic carbocycles. The molecule has 2 aromatic rings. The summed E-state index contributed by atoms with van der Waals surface area (Å²) in [6, 6.07) is 12.6. The van der Waals surface area contributed by atoms with Crippen LogP contribution in [0, 0.1) is 0 Å². The fraction of sp³-hybridized carbons (Fsp3) is 0.500. The minimum atomic E-state index is -3.29. The molecule has 1 aliphatic carbocycles. The van der Waals surface area contributed by atoms with E-state index in [1.807, 2.05) is 37.3 Å². The van der Waals surface area contributed by atoms with Crippen molar-refractivity contribution in [2.45, 2.75) is 50.0 Å². The standard InChI is InChI=1S/C24H29ClF2N2O3S/c1-2-13-33(30,31)29-11-12-32-20-8-3-17-9-10-28-22(21(17)14-20)23(15-24(26,27)16-23)18-4-6-19(25)7-5-18/h3-8,14,22,28-29H,2,9-13,15-16H2,1H3. The van der Waals surface area contributed by atoms with Gasteiger partial charge in [-0.15, -0.1) is 0 Å². The highest BCUT2D eigenvalue weighted by molar-refractivity contribution is 7.89. The Balaban J connectivity index is 1.55. The lowest BCUT2D eigenvalue weighted by atomic mass is 9.56. The van der Waals surface area contributed by atoms with Crippen molar-refractivity contribution in [1.82, 2.24) is 10.0 Å². The van der Waals surface area contributed by atoms with E-state index in [2.05, 4.69) is 10.0 Å². The van der Waals surface area contributed by atoms with Crippen LogP contribution in [0.15, 0.2) is 42.5 Å². The van der Waals surface area contributed by atoms with E-state index in [1.54, 1.807) is 12.1 Å². The molecule has 0 radical (unpaired) electrons. The number of rotatable bonds is 9. The first-order chi connectivity index (χ1) is 15.6. The van der Waals surface area contributed by atoms with Gasteiger partial charge in [-0.2, -0.15) is 0 Å². The minimum absolute atomic E-state index is 0.0800. The van der Waals surface area contributed by atoms with E-state index in [-0.39, 0.29) is 37.8 Å². The molecule has 0 spiro atoms. The van der Waals surface area contributed by atoms with Gasteiger partial charge in [-0.1, -0.05) is 36.7 Å². The fourth-order valence-corrected chi connectivity index (χ4v) is 6.25. The van der Waals surface area contributed by atoms with Gasteiger partial charge >= 0.3 is 0 Å². The van der Waals surface area contributed by atoms with Crippen molar-refractivity contribution in [3.63, 3.8) is 0 Å². The Morgan fingerprint density at radius 2 is 1.91 bits per heavy atom. The van der Waals surface area contributed by atoms with Crippen LogP contribution in [-0.4, -0.2) is 39.8 Å². The third-order valence-electron chi connectivity index (χ3n) is 6.46. The second-order valence-corrected chi connectivity index (χ2v) is 11.3. The molecule has 0 bridgehead atoms. The highest BCUT2D eigenvalue weighted by atomic mass is 35.5. The summed E-state index contributed by atoms with van der Waals surface area (Å²) in [6.45, 7) is 2.86. The minimum Gasteiger partial charge on any atom is -0.492 e. The summed E-state index contributed by atoms with van der Waals surface area (Å²) in [6.07, 6.45) is 0.881. The van der Waals surface area contributed by atoms with Gasteiger partial charge in [0.25, 0.3) is 0 Å². The number of sulfonamides is 1. The molecule has 9 heteroatoms. The molecule has 1 saturated carbocycles. The molecule has 1 heterocycles. The van der Waals surface area contributed by atoms with Crippen molar-refractivity contribution < 1.29 is 21.9 Å². The zero-order chi connectivity index (χ0) is 23.7. The number of hydrogen-bond donors (Lipinski definition) is 2. The Hall–Kier alpha value is -1.74. The molecular weight excluding hydrogens is 470 g/mol. The van der Waals surface area contributed by atoms with Crippen LogP contribution < -0.4 is 14.8 Å². The van der Waals surface area contributed by atoms with E-state index < -0.39 is 21.4 Å². The normalized spacial score (nSPS) is 21.2. The lowest BCUT2D eigenvalue weighted by Crippen LogP contribution is -2.57. The number of benzene rings is 2. The van der Waals surface area contributed by atoms with Crippen molar-refractivity contribution in [2.24, 2.45) is 0 Å². The van der Waals surface area contributed by atoms with Gasteiger partial charge in [-0.3, -0.25) is 0 Å². The average molecular weight is 499 g/mol. The van der Waals surface area contributed by atoms with E-state index in [1.165, 1.54) is 0 Å². The third kappa shape index (κ3) is 5.34. The van der Waals surface area contributed by atoms with Crippen molar-refractivity contribution in [3.8, 4) is 5.75 Å². The Labute approximate surface area is 198 Å². The second-order valence-electron chi connectivity index (χ2n) is 8.93. The molecule has 1 aliphatic heterocycles. The highest BCUT2D eigenvalue weighted by Gasteiger charge is 2.61. The molecule has 4 rings (SSSR count). The van der Waals surface area contributed by atoms with E-state index in [0.29, 0.717) is 23.7 Å². The molecule has 2 aliphatic rings. The molecule has 0 amide bonds. The van der Waals surface area contributed by atoms with Gasteiger partial charge in [0.2, 0.25) is 15.9 Å². The first-order valence-electron chi connectivity index (χ1n) is 11.2. The van der Waals surface area contributed by atoms with Gasteiger partial charge < -0.3 is 10.1 Å². The van der Waals surface area contributed by atoms with Crippen LogP contribution in [0.3, 0.4) is 0 Å². The van der Waals surface area contributed by atoms with E-state index in [9.17, 15) is 17.2 Å². The summed E-state index contributed by atoms with van der Waals surface area (Å²) >= 11 is 6.05. The van der Waals surface area contributed by atoms with Gasteiger partial charge in [0.05, 0.1) is 5.75 Å². The van der Waals surface area contributed by atoms with Crippen LogP contribution in [-0.2, 0) is 21.9 Å². The molecule has 2 N–H and O–H groups in total. The Kier molecular flexibility index (Phi) is 7.01. The molecule has 0 saturated heterocycles. The van der Waals surface area contributed by atoms with E-state index >= 15 is 0 Å². The predicted octanol–water partition coefficient (Wildman–Crippen LogP) is 4.60. The van der Waals surface area contributed by atoms with Crippen LogP contribution in [0.5, 0.6) is 5.75 Å². The van der Waals surface area contributed by atoms with Gasteiger partial charge in [0, 0.05) is 35.9 Å². The van der Waals surface area contributed by atoms with Crippen LogP contribution in [0.1, 0.15) is 48.9 Å². The molecule has 180 valence electrons. The van der Waals surface area contributed by atoms with Crippen molar-refractivity contribution >= 4 is 21.6 Å². The summed E-state index contributed by atoms with van der Waals surface area (Å²) in [5, 5.41) is 4.06. The zero-order valence-electron chi connectivity index (χ0n) is 18.5. The summed E-state index contributed by atoms with van der Waals surface area (Å²) in [5.41, 5.74) is 2.17. The first kappa shape index (κ1) is 24.4. The van der Waals surface area contributed by atoms with Crippen LogP contribution in [0.2, 0.25) is 5.02 Å². The smallest absolute Gasteiger partial charge is 0.250 e. The number of ether oxygens (including phenoxy) is 1. The zero-order valence-corrected chi connectivity index (χ0v) is 20.1. The SMILES string of the molecule is CCCS(=O)(=O)NCCOc1ccc2c(c1)C(C1(c3ccc(Cl)cc3)CC(F)(F)C1)NCC2. The summed E-state index contributed by atoms with van der Waals surface area (Å²) < 4.78 is 60.4. The molecule has 1 fully saturated rings. The predicted molar refractivity (Wildman–Crippen MR) is 126 cm³/mol. The van der Waals surface area contributed by atoms with Crippen molar-refractivity contribution in [3.05, 3.63) is 64.2 Å². The third-order valence-corrected chi connectivity index (χ3v) is 8.30. The van der Waals surface area contributed by atoms with E-state index in [4.69, 9.17) is 16.3 Å². The van der Waals surface area contributed by atoms with Crippen LogP contribution in [0.4, 0.5) is 8.78 Å². The number of alkyl halides is 2. The van der Waals surface area contributed by atoms with Crippen molar-refractivity contribution in [2.75, 3.05) is 25.4 Å². The molecule has 33 heavy (non-hydrogen) atoms. The average Bonchev–Trinajstić information content (AvgIpc) is 2.75. The first-order valence-corrected chi connectivity index (χ1v) is 13.3. The number of halogens is 3. The quantitative estimate of drug-likeness (QED) is 0.496. The monoisotopic (exact) mass is 498 g/mol. The number of fused-ring (bicyclic) bond motifs is 1. The lowest BCUT2D eigenvalue weighted by Gasteiger charge is -2.54. The van der Waals surface area contributed by atoms with Crippen LogP contribution >= 0.6 is 11.6 Å². The van der Waals surface area contributed by atoms with Gasteiger partial charge in [0.1, 0.15) is 12.4 Å². The summed E-state index contributed by atoms with van der Waals surface area (Å²) in [7, 11) is -3.29. The fourth-order valence-electron chi connectivity index (χ4n) is 5.05. The topological polar surface area (TPSA) is 67.4 Å². The Morgan fingerprint density at radius 1 is 1.18 bits per heavy atom. The molecular formula is C24H29ClF2N2O3S. The second kappa shape index (κ2) is 9.49. The number of nitrogens with one attached hydrogen (secondary N) is 2. The molecule has 5 nitrogen and oxygen atoms in total. The van der Waals surface area contributed by atoms with Gasteiger partial charge in [-0.05, 0) is 60.3 Å². The molecule has 0 aromatic heterocycles. The molecule has 1 unspecified atom stereocenters. The molecule has 1 atom stereocenters. The Morgan fingerprint density at radius 3 is 2.58 bits per heavy atom. The summed E-state index contributed by atoms with van der Waals surface area (Å²) in [5.74, 6) is -2.03. The van der Waals surface area contributed by atoms with Gasteiger partial charge in [0.15, 0.2) is 0 Å². The Bertz CT molecular complexity index is 1090. The largest absolute Gasteiger partial charge is 0.492 e.